The van der Waals surface area contributed by atoms with Crippen LogP contribution in [-0.4, -0.2) is 18.9 Å². The van der Waals surface area contributed by atoms with Gasteiger partial charge in [-0.05, 0) is 6.42 Å². The molecule has 0 aromatic heterocycles. The molecule has 0 unspecified atom stereocenters. The fraction of sp³-hybridized carbons (Fsp3) is 0.941. The van der Waals surface area contributed by atoms with Crippen LogP contribution in [0.15, 0.2) is 4.99 Å². The minimum absolute atomic E-state index is 0. The van der Waals surface area contributed by atoms with E-state index in [9.17, 15) is 0 Å². The molecule has 0 atom stereocenters. The highest BCUT2D eigenvalue weighted by atomic mass is 35.5. The van der Waals surface area contributed by atoms with Crippen LogP contribution in [0.5, 0.6) is 0 Å². The van der Waals surface area contributed by atoms with Crippen molar-refractivity contribution in [3.05, 3.63) is 0 Å². The van der Waals surface area contributed by atoms with Gasteiger partial charge in [0.15, 0.2) is 0 Å². The Hall–Kier alpha value is -0.240. The molecule has 0 spiro atoms. The lowest BCUT2D eigenvalue weighted by molar-refractivity contribution is 0.545. The number of nitrogens with zero attached hydrogens (tertiary/aromatic N) is 1. The average molecular weight is 303 g/mol. The minimum Gasteiger partial charge on any atom is -0.372 e. The number of amidine groups is 1. The number of rotatable bonds is 13. The zero-order valence-corrected chi connectivity index (χ0v) is 14.3. The number of aliphatic imine (C=N–C) groups is 1. The molecular formula is C17H35ClN2. The number of nitrogens with one attached hydrogen (secondary N) is 1. The molecule has 1 heterocycles. The summed E-state index contributed by atoms with van der Waals surface area (Å²) in [6.07, 6.45) is 18.3. The molecule has 0 aromatic rings. The average Bonchev–Trinajstić information content (AvgIpc) is 2.93. The number of halogens is 1. The van der Waals surface area contributed by atoms with E-state index in [1.807, 2.05) is 0 Å². The van der Waals surface area contributed by atoms with Crippen molar-refractivity contribution in [2.45, 2.75) is 90.4 Å². The second-order valence-electron chi connectivity index (χ2n) is 5.89. The van der Waals surface area contributed by atoms with Gasteiger partial charge in [-0.1, -0.05) is 77.6 Å². The maximum atomic E-state index is 4.43. The van der Waals surface area contributed by atoms with Gasteiger partial charge in [0, 0.05) is 13.0 Å². The van der Waals surface area contributed by atoms with Crippen molar-refractivity contribution in [3.63, 3.8) is 0 Å². The van der Waals surface area contributed by atoms with E-state index in [-0.39, 0.29) is 12.4 Å². The molecule has 0 saturated heterocycles. The smallest absolute Gasteiger partial charge is 0.0964 e. The highest BCUT2D eigenvalue weighted by Crippen LogP contribution is 2.12. The first-order valence-corrected chi connectivity index (χ1v) is 8.70. The normalized spacial score (nSPS) is 13.8. The SMILES string of the molecule is CCCCCCCCCCCCCCC1=NCCN1.Cl. The Labute approximate surface area is 132 Å². The Bertz CT molecular complexity index is 229. The van der Waals surface area contributed by atoms with Crippen molar-refractivity contribution in [2.75, 3.05) is 13.1 Å². The van der Waals surface area contributed by atoms with Crippen LogP contribution in [0.2, 0.25) is 0 Å². The van der Waals surface area contributed by atoms with E-state index in [2.05, 4.69) is 17.2 Å². The molecule has 0 bridgehead atoms. The van der Waals surface area contributed by atoms with Gasteiger partial charge < -0.3 is 5.32 Å². The van der Waals surface area contributed by atoms with Gasteiger partial charge in [0.05, 0.1) is 12.4 Å². The lowest BCUT2D eigenvalue weighted by atomic mass is 10.0. The maximum absolute atomic E-state index is 4.43. The molecule has 0 amide bonds. The summed E-state index contributed by atoms with van der Waals surface area (Å²) in [5.41, 5.74) is 0. The van der Waals surface area contributed by atoms with Gasteiger partial charge >= 0.3 is 0 Å². The number of hydrogen-bond acceptors (Lipinski definition) is 2. The summed E-state index contributed by atoms with van der Waals surface area (Å²) in [6.45, 7) is 4.34. The van der Waals surface area contributed by atoms with E-state index in [0.29, 0.717) is 0 Å². The first kappa shape index (κ1) is 19.8. The van der Waals surface area contributed by atoms with Crippen molar-refractivity contribution in [1.82, 2.24) is 5.32 Å². The summed E-state index contributed by atoms with van der Waals surface area (Å²) >= 11 is 0. The summed E-state index contributed by atoms with van der Waals surface area (Å²) in [7, 11) is 0. The first-order valence-electron chi connectivity index (χ1n) is 8.70. The van der Waals surface area contributed by atoms with E-state index in [1.54, 1.807) is 0 Å². The fourth-order valence-electron chi connectivity index (χ4n) is 2.75. The maximum Gasteiger partial charge on any atom is 0.0964 e. The van der Waals surface area contributed by atoms with Crippen LogP contribution in [0.3, 0.4) is 0 Å². The molecule has 0 fully saturated rings. The molecule has 0 aliphatic carbocycles. The minimum atomic E-state index is 0. The fourth-order valence-corrected chi connectivity index (χ4v) is 2.75. The van der Waals surface area contributed by atoms with Crippen LogP contribution >= 0.6 is 12.4 Å². The molecule has 0 radical (unpaired) electrons. The summed E-state index contributed by atoms with van der Waals surface area (Å²) in [6, 6.07) is 0. The van der Waals surface area contributed by atoms with Crippen LogP contribution in [0.25, 0.3) is 0 Å². The molecule has 20 heavy (non-hydrogen) atoms. The molecule has 120 valence electrons. The lowest BCUT2D eigenvalue weighted by Gasteiger charge is -2.03. The Balaban J connectivity index is 0.00000361. The first-order chi connectivity index (χ1) is 9.43. The highest BCUT2D eigenvalue weighted by Gasteiger charge is 2.03. The molecule has 0 aromatic carbocycles. The topological polar surface area (TPSA) is 24.4 Å². The Morgan fingerprint density at radius 1 is 0.800 bits per heavy atom. The van der Waals surface area contributed by atoms with Gasteiger partial charge in [-0.25, -0.2) is 0 Å². The molecule has 1 aliphatic rings. The third kappa shape index (κ3) is 11.6. The van der Waals surface area contributed by atoms with E-state index in [1.165, 1.54) is 89.3 Å². The van der Waals surface area contributed by atoms with Crippen molar-refractivity contribution in [3.8, 4) is 0 Å². The Morgan fingerprint density at radius 2 is 1.30 bits per heavy atom. The van der Waals surface area contributed by atoms with Gasteiger partial charge in [-0.15, -0.1) is 12.4 Å². The van der Waals surface area contributed by atoms with Crippen LogP contribution in [-0.2, 0) is 0 Å². The van der Waals surface area contributed by atoms with E-state index < -0.39 is 0 Å². The second kappa shape index (κ2) is 15.2. The zero-order valence-electron chi connectivity index (χ0n) is 13.5. The summed E-state index contributed by atoms with van der Waals surface area (Å²) in [4.78, 5) is 4.43. The molecule has 1 aliphatic heterocycles. The van der Waals surface area contributed by atoms with Crippen molar-refractivity contribution >= 4 is 18.2 Å². The largest absolute Gasteiger partial charge is 0.372 e. The summed E-state index contributed by atoms with van der Waals surface area (Å²) < 4.78 is 0. The predicted octanol–water partition coefficient (Wildman–Crippen LogP) is 5.50. The highest BCUT2D eigenvalue weighted by molar-refractivity contribution is 5.85. The van der Waals surface area contributed by atoms with E-state index in [0.717, 1.165) is 13.1 Å². The lowest BCUT2D eigenvalue weighted by Crippen LogP contribution is -2.17. The van der Waals surface area contributed by atoms with Gasteiger partial charge in [-0.2, -0.15) is 0 Å². The second-order valence-corrected chi connectivity index (χ2v) is 5.89. The number of hydrogen-bond donors (Lipinski definition) is 1. The van der Waals surface area contributed by atoms with Crippen LogP contribution in [0, 0.1) is 0 Å². The monoisotopic (exact) mass is 302 g/mol. The third-order valence-corrected chi connectivity index (χ3v) is 4.01. The Kier molecular flexibility index (Phi) is 15.0. The summed E-state index contributed by atoms with van der Waals surface area (Å²) in [5.74, 6) is 1.26. The standard InChI is InChI=1S/C17H34N2.ClH/c1-2-3-4-5-6-7-8-9-10-11-12-13-14-17-18-15-16-19-17;/h2-16H2,1H3,(H,18,19);1H. The van der Waals surface area contributed by atoms with Gasteiger partial charge in [0.2, 0.25) is 0 Å². The van der Waals surface area contributed by atoms with Crippen LogP contribution in [0.1, 0.15) is 90.4 Å². The van der Waals surface area contributed by atoms with Crippen molar-refractivity contribution < 1.29 is 0 Å². The van der Waals surface area contributed by atoms with Gasteiger partial charge in [0.25, 0.3) is 0 Å². The molecule has 3 heteroatoms. The molecule has 1 N–H and O–H groups in total. The number of unbranched alkanes of at least 4 members (excludes halogenated alkanes) is 11. The van der Waals surface area contributed by atoms with Gasteiger partial charge in [0.1, 0.15) is 0 Å². The van der Waals surface area contributed by atoms with E-state index >= 15 is 0 Å². The third-order valence-electron chi connectivity index (χ3n) is 4.01. The molecule has 0 saturated carbocycles. The molecule has 2 nitrogen and oxygen atoms in total. The quantitative estimate of drug-likeness (QED) is 0.446. The van der Waals surface area contributed by atoms with E-state index in [4.69, 9.17) is 0 Å². The van der Waals surface area contributed by atoms with Crippen LogP contribution in [0.4, 0.5) is 0 Å². The van der Waals surface area contributed by atoms with Crippen molar-refractivity contribution in [1.29, 1.82) is 0 Å². The van der Waals surface area contributed by atoms with Gasteiger partial charge in [-0.3, -0.25) is 4.99 Å². The Morgan fingerprint density at radius 3 is 1.75 bits per heavy atom. The van der Waals surface area contributed by atoms with Crippen LogP contribution < -0.4 is 5.32 Å². The van der Waals surface area contributed by atoms with Crippen molar-refractivity contribution in [2.24, 2.45) is 4.99 Å². The summed E-state index contributed by atoms with van der Waals surface area (Å²) in [5, 5.41) is 3.35. The molecule has 1 rings (SSSR count). The predicted molar refractivity (Wildman–Crippen MR) is 93.2 cm³/mol. The molecular weight excluding hydrogens is 268 g/mol. The zero-order chi connectivity index (χ0) is 13.6.